The van der Waals surface area contributed by atoms with Gasteiger partial charge in [0.2, 0.25) is 5.91 Å². The van der Waals surface area contributed by atoms with E-state index >= 15 is 0 Å². The highest BCUT2D eigenvalue weighted by molar-refractivity contribution is 5.93. The van der Waals surface area contributed by atoms with Crippen LogP contribution in [0.15, 0.2) is 40.8 Å². The van der Waals surface area contributed by atoms with Gasteiger partial charge in [-0.15, -0.1) is 0 Å². The number of carbonyl (C=O) groups excluding carboxylic acids is 2. The highest BCUT2D eigenvalue weighted by Gasteiger charge is 2.28. The molecule has 4 rings (SSSR count). The number of primary amides is 1. The summed E-state index contributed by atoms with van der Waals surface area (Å²) >= 11 is 0. The molecular formula is C23H24FN3O4. The van der Waals surface area contributed by atoms with Crippen LogP contribution < -0.4 is 5.73 Å². The molecule has 1 aliphatic rings. The lowest BCUT2D eigenvalue weighted by Gasteiger charge is -2.30. The number of nitrogens with zero attached hydrogens (tertiary/aromatic N) is 2. The van der Waals surface area contributed by atoms with Crippen molar-refractivity contribution in [1.82, 2.24) is 9.88 Å². The van der Waals surface area contributed by atoms with Crippen molar-refractivity contribution in [3.8, 4) is 11.1 Å². The Bertz CT molecular complexity index is 1130. The summed E-state index contributed by atoms with van der Waals surface area (Å²) in [7, 11) is 0. The number of ether oxygens (including phenoxy) is 1. The van der Waals surface area contributed by atoms with Crippen LogP contribution in [0, 0.1) is 5.82 Å². The van der Waals surface area contributed by atoms with Crippen molar-refractivity contribution in [2.75, 3.05) is 13.1 Å². The Kier molecular flexibility index (Phi) is 5.63. The zero-order chi connectivity index (χ0) is 22.1. The molecule has 2 amide bonds. The molecule has 2 N–H and O–H groups in total. The average molecular weight is 425 g/mol. The Labute approximate surface area is 179 Å². The van der Waals surface area contributed by atoms with Crippen molar-refractivity contribution in [3.63, 3.8) is 0 Å². The smallest absolute Gasteiger partial charge is 0.410 e. The Morgan fingerprint density at radius 3 is 2.58 bits per heavy atom. The van der Waals surface area contributed by atoms with Gasteiger partial charge in [0.1, 0.15) is 11.3 Å². The minimum Gasteiger partial charge on any atom is -0.447 e. The van der Waals surface area contributed by atoms with Gasteiger partial charge in [-0.25, -0.2) is 14.2 Å². The number of likely N-dealkylation sites (tertiary alicyclic amines) is 1. The lowest BCUT2D eigenvalue weighted by molar-refractivity contribution is 0.0681. The van der Waals surface area contributed by atoms with Gasteiger partial charge in [0.15, 0.2) is 11.5 Å². The van der Waals surface area contributed by atoms with Crippen molar-refractivity contribution in [1.29, 1.82) is 0 Å². The minimum absolute atomic E-state index is 0.102. The molecule has 1 fully saturated rings. The molecule has 0 atom stereocenters. The summed E-state index contributed by atoms with van der Waals surface area (Å²) in [6.07, 6.45) is 1.03. The Balaban J connectivity index is 1.51. The first kappa shape index (κ1) is 20.8. The Morgan fingerprint density at radius 1 is 1.19 bits per heavy atom. The fourth-order valence-corrected chi connectivity index (χ4v) is 3.78. The molecule has 0 radical (unpaired) electrons. The molecule has 1 aromatic heterocycles. The van der Waals surface area contributed by atoms with Gasteiger partial charge < -0.3 is 19.8 Å². The molecule has 1 aliphatic heterocycles. The van der Waals surface area contributed by atoms with Crippen LogP contribution in [-0.2, 0) is 4.74 Å². The minimum atomic E-state index is -0.675. The van der Waals surface area contributed by atoms with E-state index in [1.165, 1.54) is 12.1 Å². The molecular weight excluding hydrogens is 401 g/mol. The van der Waals surface area contributed by atoms with Crippen molar-refractivity contribution >= 4 is 23.1 Å². The predicted octanol–water partition coefficient (Wildman–Crippen LogP) is 4.46. The van der Waals surface area contributed by atoms with E-state index in [9.17, 15) is 14.0 Å². The lowest BCUT2D eigenvalue weighted by Crippen LogP contribution is -2.39. The molecule has 0 unspecified atom stereocenters. The van der Waals surface area contributed by atoms with E-state index in [4.69, 9.17) is 14.9 Å². The Morgan fingerprint density at radius 2 is 1.94 bits per heavy atom. The zero-order valence-corrected chi connectivity index (χ0v) is 17.4. The van der Waals surface area contributed by atoms with Crippen LogP contribution in [0.3, 0.4) is 0 Å². The van der Waals surface area contributed by atoms with Crippen molar-refractivity contribution in [3.05, 3.63) is 53.7 Å². The predicted molar refractivity (Wildman–Crippen MR) is 113 cm³/mol. The Hall–Kier alpha value is -3.42. The van der Waals surface area contributed by atoms with Crippen molar-refractivity contribution in [2.45, 2.75) is 38.7 Å². The zero-order valence-electron chi connectivity index (χ0n) is 17.4. The molecule has 1 saturated heterocycles. The maximum Gasteiger partial charge on any atom is 0.410 e. The summed E-state index contributed by atoms with van der Waals surface area (Å²) in [5.41, 5.74) is 7.57. The van der Waals surface area contributed by atoms with Gasteiger partial charge in [-0.05, 0) is 56.5 Å². The van der Waals surface area contributed by atoms with E-state index < -0.39 is 11.7 Å². The first-order chi connectivity index (χ1) is 14.8. The number of rotatable bonds is 4. The number of carbonyl (C=O) groups is 2. The van der Waals surface area contributed by atoms with E-state index in [1.807, 2.05) is 13.8 Å². The van der Waals surface area contributed by atoms with E-state index in [0.717, 1.165) is 18.9 Å². The highest BCUT2D eigenvalue weighted by atomic mass is 19.1. The summed E-state index contributed by atoms with van der Waals surface area (Å²) in [5, 5.41) is 0. The molecule has 0 saturated carbocycles. The molecule has 31 heavy (non-hydrogen) atoms. The van der Waals surface area contributed by atoms with Gasteiger partial charge in [0, 0.05) is 30.1 Å². The molecule has 162 valence electrons. The van der Waals surface area contributed by atoms with Crippen LogP contribution in [0.4, 0.5) is 9.18 Å². The second-order valence-electron chi connectivity index (χ2n) is 7.99. The van der Waals surface area contributed by atoms with Gasteiger partial charge in [-0.1, -0.05) is 12.1 Å². The third kappa shape index (κ3) is 4.38. The van der Waals surface area contributed by atoms with Gasteiger partial charge in [0.05, 0.1) is 6.10 Å². The maximum absolute atomic E-state index is 14.5. The molecule has 0 spiro atoms. The molecule has 8 heteroatoms. The molecule has 0 aliphatic carbocycles. The number of oxazole rings is 1. The third-order valence-electron chi connectivity index (χ3n) is 5.41. The number of hydrogen-bond acceptors (Lipinski definition) is 5. The number of fused-ring (bicyclic) bond motifs is 1. The summed E-state index contributed by atoms with van der Waals surface area (Å²) in [6.45, 7) is 4.82. The summed E-state index contributed by atoms with van der Waals surface area (Å²) < 4.78 is 25.7. The van der Waals surface area contributed by atoms with Crippen LogP contribution in [0.2, 0.25) is 0 Å². The first-order valence-electron chi connectivity index (χ1n) is 10.3. The van der Waals surface area contributed by atoms with Gasteiger partial charge in [-0.2, -0.15) is 0 Å². The van der Waals surface area contributed by atoms with Crippen LogP contribution in [0.5, 0.6) is 0 Å². The van der Waals surface area contributed by atoms with Crippen molar-refractivity contribution < 1.29 is 23.1 Å². The number of piperidine rings is 1. The first-order valence-corrected chi connectivity index (χ1v) is 10.3. The third-order valence-corrected chi connectivity index (χ3v) is 5.41. The van der Waals surface area contributed by atoms with Crippen LogP contribution in [0.25, 0.3) is 22.2 Å². The number of benzene rings is 2. The molecule has 7 nitrogen and oxygen atoms in total. The second kappa shape index (κ2) is 8.37. The molecule has 2 aromatic carbocycles. The number of amides is 2. The van der Waals surface area contributed by atoms with E-state index in [-0.39, 0.29) is 23.7 Å². The monoisotopic (exact) mass is 425 g/mol. The number of hydrogen-bond donors (Lipinski definition) is 1. The van der Waals surface area contributed by atoms with Crippen LogP contribution in [0.1, 0.15) is 48.9 Å². The summed E-state index contributed by atoms with van der Waals surface area (Å²) in [5.74, 6) is -0.482. The van der Waals surface area contributed by atoms with Gasteiger partial charge in [0.25, 0.3) is 0 Å². The topological polar surface area (TPSA) is 98.7 Å². The molecule has 3 aromatic rings. The fourth-order valence-electron chi connectivity index (χ4n) is 3.78. The summed E-state index contributed by atoms with van der Waals surface area (Å²) in [4.78, 5) is 29.6. The standard InChI is InChI=1S/C23H24FN3O4/c1-13(2)30-23(29)27-9-7-14(8-10-27)22-26-19-12-15(4-6-20(19)31-22)17-5-3-16(21(25)28)11-18(17)24/h3-6,11-14H,7-10H2,1-2H3,(H2,25,28). The van der Waals surface area contributed by atoms with Crippen molar-refractivity contribution in [2.24, 2.45) is 5.73 Å². The largest absolute Gasteiger partial charge is 0.447 e. The number of aromatic nitrogens is 1. The fraction of sp³-hybridized carbons (Fsp3) is 0.348. The normalized spacial score (nSPS) is 14.9. The summed E-state index contributed by atoms with van der Waals surface area (Å²) in [6, 6.07) is 9.44. The van der Waals surface area contributed by atoms with E-state index in [2.05, 4.69) is 4.98 Å². The quantitative estimate of drug-likeness (QED) is 0.666. The highest BCUT2D eigenvalue weighted by Crippen LogP contribution is 2.32. The van der Waals surface area contributed by atoms with E-state index in [1.54, 1.807) is 23.1 Å². The molecule has 0 bridgehead atoms. The van der Waals surface area contributed by atoms with Gasteiger partial charge in [-0.3, -0.25) is 4.79 Å². The molecule has 2 heterocycles. The lowest BCUT2D eigenvalue weighted by atomic mass is 9.97. The maximum atomic E-state index is 14.5. The average Bonchev–Trinajstić information content (AvgIpc) is 3.16. The van der Waals surface area contributed by atoms with Crippen LogP contribution in [-0.4, -0.2) is 41.1 Å². The number of halogens is 1. The SMILES string of the molecule is CC(C)OC(=O)N1CCC(c2nc3cc(-c4ccc(C(N)=O)cc4F)ccc3o2)CC1. The van der Waals surface area contributed by atoms with E-state index in [0.29, 0.717) is 41.2 Å². The van der Waals surface area contributed by atoms with Crippen LogP contribution >= 0.6 is 0 Å². The number of nitrogens with two attached hydrogens (primary N) is 1. The second-order valence-corrected chi connectivity index (χ2v) is 7.99. The van der Waals surface area contributed by atoms with Gasteiger partial charge >= 0.3 is 6.09 Å².